The summed E-state index contributed by atoms with van der Waals surface area (Å²) < 4.78 is 7.12. The molecule has 2 heterocycles. The Morgan fingerprint density at radius 2 is 2.03 bits per heavy atom. The van der Waals surface area contributed by atoms with Gasteiger partial charge in [-0.15, -0.1) is 24.0 Å². The molecule has 176 valence electrons. The quantitative estimate of drug-likeness (QED) is 0.331. The lowest BCUT2D eigenvalue weighted by Crippen LogP contribution is -2.55. The third-order valence-corrected chi connectivity index (χ3v) is 4.52. The van der Waals surface area contributed by atoms with Gasteiger partial charge in [-0.1, -0.05) is 0 Å². The summed E-state index contributed by atoms with van der Waals surface area (Å²) in [5, 5.41) is 7.39. The predicted octanol–water partition coefficient (Wildman–Crippen LogP) is 1.91. The smallest absolute Gasteiger partial charge is 0.410 e. The summed E-state index contributed by atoms with van der Waals surface area (Å²) in [5.74, 6) is 0.681. The lowest BCUT2D eigenvalue weighted by atomic mass is 10.2. The summed E-state index contributed by atoms with van der Waals surface area (Å²) in [5.41, 5.74) is 0.275. The molecule has 1 aliphatic rings. The molecule has 2 amide bonds. The van der Waals surface area contributed by atoms with Crippen molar-refractivity contribution < 1.29 is 14.3 Å². The van der Waals surface area contributed by atoms with E-state index in [1.165, 1.54) is 0 Å². The van der Waals surface area contributed by atoms with E-state index >= 15 is 0 Å². The maximum Gasteiger partial charge on any atom is 0.410 e. The third kappa shape index (κ3) is 8.19. The van der Waals surface area contributed by atoms with Gasteiger partial charge in [0.15, 0.2) is 5.96 Å². The summed E-state index contributed by atoms with van der Waals surface area (Å²) in [7, 11) is 1.83. The molecule has 31 heavy (non-hydrogen) atoms. The second-order valence-electron chi connectivity index (χ2n) is 8.13. The Kier molecular flexibility index (Phi) is 10.5. The molecule has 10 nitrogen and oxygen atoms in total. The van der Waals surface area contributed by atoms with E-state index in [1.807, 2.05) is 52.8 Å². The van der Waals surface area contributed by atoms with E-state index in [4.69, 9.17) is 4.74 Å². The van der Waals surface area contributed by atoms with Crippen LogP contribution in [0.3, 0.4) is 0 Å². The number of ether oxygens (including phenoxy) is 1. The second kappa shape index (κ2) is 12.1. The van der Waals surface area contributed by atoms with E-state index in [1.54, 1.807) is 20.7 Å². The molecule has 1 N–H and O–H groups in total. The van der Waals surface area contributed by atoms with E-state index in [0.29, 0.717) is 45.2 Å². The first-order valence-corrected chi connectivity index (χ1v) is 10.4. The Labute approximate surface area is 202 Å². The van der Waals surface area contributed by atoms with Crippen LogP contribution >= 0.6 is 24.0 Å². The highest BCUT2D eigenvalue weighted by Crippen LogP contribution is 2.16. The maximum absolute atomic E-state index is 12.7. The zero-order chi connectivity index (χ0) is 22.3. The van der Waals surface area contributed by atoms with E-state index in [0.717, 1.165) is 5.69 Å². The largest absolute Gasteiger partial charge is 0.444 e. The van der Waals surface area contributed by atoms with Gasteiger partial charge in [0.2, 0.25) is 5.91 Å². The zero-order valence-corrected chi connectivity index (χ0v) is 21.8. The molecule has 1 aromatic rings. The molecule has 1 saturated heterocycles. The van der Waals surface area contributed by atoms with E-state index in [9.17, 15) is 9.59 Å². The highest BCUT2D eigenvalue weighted by Gasteiger charge is 2.28. The summed E-state index contributed by atoms with van der Waals surface area (Å²) in [4.78, 5) is 34.9. The van der Waals surface area contributed by atoms with Crippen molar-refractivity contribution in [1.29, 1.82) is 0 Å². The monoisotopic (exact) mass is 549 g/mol. The van der Waals surface area contributed by atoms with Crippen LogP contribution < -0.4 is 10.2 Å². The van der Waals surface area contributed by atoms with Gasteiger partial charge >= 0.3 is 6.09 Å². The fraction of sp³-hybridized carbons (Fsp3) is 0.700. The van der Waals surface area contributed by atoms with Crippen molar-refractivity contribution >= 4 is 47.6 Å². The molecule has 0 radical (unpaired) electrons. The number of halogens is 1. The number of hydrogen-bond acceptors (Lipinski definition) is 5. The van der Waals surface area contributed by atoms with Crippen molar-refractivity contribution in [2.75, 3.05) is 50.7 Å². The number of carbonyl (C=O) groups is 2. The number of hydrogen-bond donors (Lipinski definition) is 1. The van der Waals surface area contributed by atoms with Crippen LogP contribution in [-0.4, -0.2) is 89.0 Å². The average Bonchev–Trinajstić information content (AvgIpc) is 3.08. The minimum atomic E-state index is -0.531. The first kappa shape index (κ1) is 27.0. The number of aliphatic imine (C=N–C) groups is 1. The number of anilines is 1. The second-order valence-corrected chi connectivity index (χ2v) is 8.13. The number of carbonyl (C=O) groups excluding carboxylic acids is 2. The van der Waals surface area contributed by atoms with Gasteiger partial charge < -0.3 is 24.8 Å². The number of piperazine rings is 1. The molecule has 0 saturated carbocycles. The van der Waals surface area contributed by atoms with Crippen molar-refractivity contribution in [3.8, 4) is 0 Å². The molecule has 1 aliphatic heterocycles. The molecule has 1 fully saturated rings. The minimum absolute atomic E-state index is 0. The zero-order valence-electron chi connectivity index (χ0n) is 19.4. The summed E-state index contributed by atoms with van der Waals surface area (Å²) in [6.07, 6.45) is 3.19. The van der Waals surface area contributed by atoms with Gasteiger partial charge in [0, 0.05) is 46.0 Å². The summed E-state index contributed by atoms with van der Waals surface area (Å²) >= 11 is 0. The molecular weight excluding hydrogens is 513 g/mol. The topological polar surface area (TPSA) is 95.3 Å². The van der Waals surface area contributed by atoms with Crippen LogP contribution in [0.25, 0.3) is 0 Å². The Morgan fingerprint density at radius 1 is 1.32 bits per heavy atom. The van der Waals surface area contributed by atoms with Gasteiger partial charge in [0.05, 0.1) is 18.4 Å². The molecule has 2 rings (SSSR count). The van der Waals surface area contributed by atoms with Gasteiger partial charge in [0.25, 0.3) is 0 Å². The predicted molar refractivity (Wildman–Crippen MR) is 132 cm³/mol. The van der Waals surface area contributed by atoms with Crippen LogP contribution in [0.4, 0.5) is 10.5 Å². The highest BCUT2D eigenvalue weighted by molar-refractivity contribution is 14.0. The molecule has 0 unspecified atom stereocenters. The number of rotatable bonds is 6. The van der Waals surface area contributed by atoms with Crippen LogP contribution in [0.1, 0.15) is 34.6 Å². The normalized spacial score (nSPS) is 14.9. The van der Waals surface area contributed by atoms with E-state index in [-0.39, 0.29) is 42.5 Å². The summed E-state index contributed by atoms with van der Waals surface area (Å²) in [6, 6.07) is 0. The Bertz CT molecular complexity index is 760. The maximum atomic E-state index is 12.7. The minimum Gasteiger partial charge on any atom is -0.444 e. The van der Waals surface area contributed by atoms with Crippen LogP contribution in [0.2, 0.25) is 0 Å². The van der Waals surface area contributed by atoms with Crippen molar-refractivity contribution in [2.45, 2.75) is 40.2 Å². The van der Waals surface area contributed by atoms with Gasteiger partial charge in [-0.05, 0) is 34.6 Å². The van der Waals surface area contributed by atoms with Crippen molar-refractivity contribution in [1.82, 2.24) is 24.9 Å². The summed E-state index contributed by atoms with van der Waals surface area (Å²) in [6.45, 7) is 13.0. The number of aromatic nitrogens is 2. The Balaban J connectivity index is 0.00000480. The number of likely N-dealkylation sites (N-methyl/N-ethyl adjacent to an activating group) is 1. The average molecular weight is 549 g/mol. The fourth-order valence-corrected chi connectivity index (χ4v) is 3.08. The van der Waals surface area contributed by atoms with Gasteiger partial charge in [-0.25, -0.2) is 4.79 Å². The number of aryl methyl sites for hydroxylation is 1. The van der Waals surface area contributed by atoms with Crippen LogP contribution in [0.5, 0.6) is 0 Å². The highest BCUT2D eigenvalue weighted by atomic mass is 127. The number of nitrogens with zero attached hydrogens (tertiary/aromatic N) is 6. The van der Waals surface area contributed by atoms with E-state index < -0.39 is 5.60 Å². The lowest BCUT2D eigenvalue weighted by Gasteiger charge is -2.35. The van der Waals surface area contributed by atoms with Gasteiger partial charge in [-0.2, -0.15) is 5.10 Å². The van der Waals surface area contributed by atoms with Crippen molar-refractivity contribution in [3.63, 3.8) is 0 Å². The number of guanidine groups is 1. The van der Waals surface area contributed by atoms with Crippen molar-refractivity contribution in [2.24, 2.45) is 12.0 Å². The van der Waals surface area contributed by atoms with E-state index in [2.05, 4.69) is 15.4 Å². The first-order valence-electron chi connectivity index (χ1n) is 10.4. The Morgan fingerprint density at radius 3 is 2.55 bits per heavy atom. The molecular formula is C20H36IN7O3. The van der Waals surface area contributed by atoms with Gasteiger partial charge in [0.1, 0.15) is 12.1 Å². The van der Waals surface area contributed by atoms with Crippen LogP contribution in [0.15, 0.2) is 17.4 Å². The number of amides is 2. The molecule has 0 spiro atoms. The fourth-order valence-electron chi connectivity index (χ4n) is 3.08. The van der Waals surface area contributed by atoms with Crippen LogP contribution in [0, 0.1) is 0 Å². The number of nitrogens with one attached hydrogen (secondary N) is 1. The molecule has 1 aromatic heterocycles. The van der Waals surface area contributed by atoms with Crippen molar-refractivity contribution in [3.05, 3.63) is 12.4 Å². The molecule has 11 heteroatoms. The lowest BCUT2D eigenvalue weighted by molar-refractivity contribution is -0.120. The molecule has 0 atom stereocenters. The van der Waals surface area contributed by atoms with Gasteiger partial charge in [-0.3, -0.25) is 14.5 Å². The standard InChI is InChI=1S/C20H35N7O3.HI/c1-7-21-18(22-9-10-25(8-2)19(29)30-20(3,4)5)26-11-12-27(17(28)15-26)16-13-23-24(6)14-16;/h13-14H,7-12,15H2,1-6H3,(H,21,22);1H. The Hall–Kier alpha value is -2.05. The first-order chi connectivity index (χ1) is 14.1. The molecule has 0 aromatic carbocycles. The van der Waals surface area contributed by atoms with Crippen LogP contribution in [-0.2, 0) is 16.6 Å². The molecule has 0 bridgehead atoms. The third-order valence-electron chi connectivity index (χ3n) is 4.52. The SMILES string of the molecule is CCNC(=NCCN(CC)C(=O)OC(C)(C)C)N1CCN(c2cnn(C)c2)C(=O)C1.I. The molecule has 0 aliphatic carbocycles.